The first-order chi connectivity index (χ1) is 7.39. The highest BCUT2D eigenvalue weighted by atomic mass is 14.9. The molecule has 1 unspecified atom stereocenters. The zero-order valence-corrected chi connectivity index (χ0v) is 12.0. The Morgan fingerprint density at radius 1 is 1.12 bits per heavy atom. The Bertz CT molecular complexity index is 184. The molecule has 0 spiro atoms. The zero-order chi connectivity index (χ0) is 12.2. The van der Waals surface area contributed by atoms with E-state index < -0.39 is 0 Å². The highest BCUT2D eigenvalue weighted by Gasteiger charge is 2.21. The van der Waals surface area contributed by atoms with Crippen molar-refractivity contribution in [3.63, 3.8) is 0 Å². The Labute approximate surface area is 102 Å². The van der Waals surface area contributed by atoms with E-state index in [0.717, 1.165) is 17.8 Å². The summed E-state index contributed by atoms with van der Waals surface area (Å²) >= 11 is 0. The Morgan fingerprint density at radius 3 is 2.19 bits per heavy atom. The van der Waals surface area contributed by atoms with E-state index >= 15 is 0 Å². The van der Waals surface area contributed by atoms with E-state index in [1.165, 1.54) is 38.8 Å². The topological polar surface area (TPSA) is 12.0 Å². The van der Waals surface area contributed by atoms with E-state index in [-0.39, 0.29) is 0 Å². The zero-order valence-electron chi connectivity index (χ0n) is 12.0. The molecule has 0 aromatic rings. The second kappa shape index (κ2) is 6.05. The molecular weight excluding hydrogens is 194 g/mol. The van der Waals surface area contributed by atoms with Crippen molar-refractivity contribution >= 4 is 0 Å². The molecule has 0 aliphatic heterocycles. The SMILES string of the molecule is CC1CCC(CNCC(C)C(C)(C)C)CC1. The molecule has 1 heteroatoms. The first-order valence-corrected chi connectivity index (χ1v) is 7.10. The number of hydrogen-bond donors (Lipinski definition) is 1. The van der Waals surface area contributed by atoms with Gasteiger partial charge in [0, 0.05) is 0 Å². The molecule has 1 nitrogen and oxygen atoms in total. The van der Waals surface area contributed by atoms with Crippen LogP contribution in [-0.2, 0) is 0 Å². The van der Waals surface area contributed by atoms with E-state index in [4.69, 9.17) is 0 Å². The summed E-state index contributed by atoms with van der Waals surface area (Å²) in [6, 6.07) is 0. The van der Waals surface area contributed by atoms with Crippen molar-refractivity contribution in [2.24, 2.45) is 23.2 Å². The van der Waals surface area contributed by atoms with Crippen molar-refractivity contribution < 1.29 is 0 Å². The molecule has 0 bridgehead atoms. The molecule has 0 heterocycles. The van der Waals surface area contributed by atoms with Crippen LogP contribution in [0.15, 0.2) is 0 Å². The molecule has 0 saturated heterocycles. The highest BCUT2D eigenvalue weighted by molar-refractivity contribution is 4.75. The third-order valence-corrected chi connectivity index (χ3v) is 4.50. The molecular formula is C15H31N. The van der Waals surface area contributed by atoms with Gasteiger partial charge in [-0.15, -0.1) is 0 Å². The summed E-state index contributed by atoms with van der Waals surface area (Å²) in [6.07, 6.45) is 5.78. The van der Waals surface area contributed by atoms with Crippen LogP contribution in [0, 0.1) is 23.2 Å². The average Bonchev–Trinajstić information content (AvgIpc) is 2.19. The lowest BCUT2D eigenvalue weighted by Crippen LogP contribution is -2.33. The largest absolute Gasteiger partial charge is 0.316 e. The van der Waals surface area contributed by atoms with Gasteiger partial charge in [0.05, 0.1) is 0 Å². The van der Waals surface area contributed by atoms with Gasteiger partial charge < -0.3 is 5.32 Å². The highest BCUT2D eigenvalue weighted by Crippen LogP contribution is 2.28. The molecule has 1 rings (SSSR count). The fraction of sp³-hybridized carbons (Fsp3) is 1.00. The molecule has 0 aromatic carbocycles. The van der Waals surface area contributed by atoms with Crippen molar-refractivity contribution in [3.8, 4) is 0 Å². The van der Waals surface area contributed by atoms with E-state index in [0.29, 0.717) is 5.41 Å². The minimum atomic E-state index is 0.439. The molecule has 0 radical (unpaired) electrons. The van der Waals surface area contributed by atoms with Crippen molar-refractivity contribution in [2.45, 2.75) is 60.3 Å². The van der Waals surface area contributed by atoms with Crippen LogP contribution < -0.4 is 5.32 Å². The van der Waals surface area contributed by atoms with Crippen LogP contribution in [0.3, 0.4) is 0 Å². The predicted octanol–water partition coefficient (Wildman–Crippen LogP) is 4.08. The summed E-state index contributed by atoms with van der Waals surface area (Å²) in [6.45, 7) is 14.2. The van der Waals surface area contributed by atoms with Crippen LogP contribution in [0.5, 0.6) is 0 Å². The first kappa shape index (κ1) is 14.0. The van der Waals surface area contributed by atoms with Gasteiger partial charge in [-0.2, -0.15) is 0 Å². The minimum Gasteiger partial charge on any atom is -0.316 e. The van der Waals surface area contributed by atoms with Crippen LogP contribution in [0.4, 0.5) is 0 Å². The van der Waals surface area contributed by atoms with Gasteiger partial charge >= 0.3 is 0 Å². The van der Waals surface area contributed by atoms with Crippen molar-refractivity contribution in [1.82, 2.24) is 5.32 Å². The lowest BCUT2D eigenvalue weighted by molar-refractivity contribution is 0.235. The quantitative estimate of drug-likeness (QED) is 0.760. The van der Waals surface area contributed by atoms with Crippen molar-refractivity contribution in [1.29, 1.82) is 0 Å². The second-order valence-electron chi connectivity index (χ2n) is 7.05. The second-order valence-corrected chi connectivity index (χ2v) is 7.05. The Hall–Kier alpha value is -0.0400. The van der Waals surface area contributed by atoms with Crippen LogP contribution in [0.25, 0.3) is 0 Å². The number of rotatable bonds is 4. The van der Waals surface area contributed by atoms with Gasteiger partial charge in [0.25, 0.3) is 0 Å². The summed E-state index contributed by atoms with van der Waals surface area (Å²) < 4.78 is 0. The molecule has 96 valence electrons. The van der Waals surface area contributed by atoms with Crippen LogP contribution in [0.1, 0.15) is 60.3 Å². The summed E-state index contributed by atoms with van der Waals surface area (Å²) in [5.41, 5.74) is 0.439. The molecule has 1 atom stereocenters. The van der Waals surface area contributed by atoms with Gasteiger partial charge in [0.2, 0.25) is 0 Å². The standard InChI is InChI=1S/C15H31N/c1-12-6-8-14(9-7-12)11-16-10-13(2)15(3,4)5/h12-14,16H,6-11H2,1-5H3. The maximum absolute atomic E-state index is 3.68. The molecule has 1 aliphatic carbocycles. The Balaban J connectivity index is 2.11. The van der Waals surface area contributed by atoms with Crippen molar-refractivity contribution in [3.05, 3.63) is 0 Å². The van der Waals surface area contributed by atoms with E-state index in [2.05, 4.69) is 39.9 Å². The summed E-state index contributed by atoms with van der Waals surface area (Å²) in [5, 5.41) is 3.68. The summed E-state index contributed by atoms with van der Waals surface area (Å²) in [5.74, 6) is 2.68. The maximum Gasteiger partial charge on any atom is -0.00180 e. The summed E-state index contributed by atoms with van der Waals surface area (Å²) in [4.78, 5) is 0. The third-order valence-electron chi connectivity index (χ3n) is 4.50. The smallest absolute Gasteiger partial charge is 0.00180 e. The van der Waals surface area contributed by atoms with Crippen molar-refractivity contribution in [2.75, 3.05) is 13.1 Å². The van der Waals surface area contributed by atoms with Crippen LogP contribution >= 0.6 is 0 Å². The van der Waals surface area contributed by atoms with E-state index in [9.17, 15) is 0 Å². The lowest BCUT2D eigenvalue weighted by atomic mass is 9.81. The first-order valence-electron chi connectivity index (χ1n) is 7.10. The fourth-order valence-corrected chi connectivity index (χ4v) is 2.34. The number of hydrogen-bond acceptors (Lipinski definition) is 1. The maximum atomic E-state index is 3.68. The average molecular weight is 225 g/mol. The molecule has 0 aromatic heterocycles. The lowest BCUT2D eigenvalue weighted by Gasteiger charge is -2.30. The molecule has 0 amide bonds. The van der Waals surface area contributed by atoms with Gasteiger partial charge in [0.15, 0.2) is 0 Å². The molecule has 1 N–H and O–H groups in total. The minimum absolute atomic E-state index is 0.439. The normalized spacial score (nSPS) is 29.1. The van der Waals surface area contributed by atoms with Gasteiger partial charge in [0.1, 0.15) is 0 Å². The van der Waals surface area contributed by atoms with Gasteiger partial charge in [-0.1, -0.05) is 47.5 Å². The third kappa shape index (κ3) is 4.86. The molecule has 1 fully saturated rings. The Morgan fingerprint density at radius 2 is 1.69 bits per heavy atom. The number of nitrogens with one attached hydrogen (secondary N) is 1. The fourth-order valence-electron chi connectivity index (χ4n) is 2.34. The van der Waals surface area contributed by atoms with Gasteiger partial charge in [-0.3, -0.25) is 0 Å². The van der Waals surface area contributed by atoms with E-state index in [1.807, 2.05) is 0 Å². The molecule has 1 saturated carbocycles. The summed E-state index contributed by atoms with van der Waals surface area (Å²) in [7, 11) is 0. The van der Waals surface area contributed by atoms with E-state index in [1.54, 1.807) is 0 Å². The van der Waals surface area contributed by atoms with Crippen LogP contribution in [-0.4, -0.2) is 13.1 Å². The molecule has 1 aliphatic rings. The van der Waals surface area contributed by atoms with Crippen LogP contribution in [0.2, 0.25) is 0 Å². The predicted molar refractivity (Wildman–Crippen MR) is 72.6 cm³/mol. The van der Waals surface area contributed by atoms with Gasteiger partial charge in [-0.25, -0.2) is 0 Å². The van der Waals surface area contributed by atoms with Gasteiger partial charge in [-0.05, 0) is 49.1 Å². The monoisotopic (exact) mass is 225 g/mol. The Kier molecular flexibility index (Phi) is 5.30. The molecule has 16 heavy (non-hydrogen) atoms.